The van der Waals surface area contributed by atoms with Gasteiger partial charge in [0.05, 0.1) is 0 Å². The third-order valence-electron chi connectivity index (χ3n) is 4.89. The van der Waals surface area contributed by atoms with E-state index in [2.05, 4.69) is 83.5 Å². The minimum absolute atomic E-state index is 1.12. The first kappa shape index (κ1) is 21.0. The van der Waals surface area contributed by atoms with Gasteiger partial charge in [-0.2, -0.15) is 0 Å². The first-order valence-corrected chi connectivity index (χ1v) is 11.1. The Hall–Kier alpha value is -1.34. The molecule has 0 fully saturated rings. The van der Waals surface area contributed by atoms with Gasteiger partial charge in [0.2, 0.25) is 0 Å². The van der Waals surface area contributed by atoms with Crippen molar-refractivity contribution in [2.45, 2.75) is 71.1 Å². The molecule has 2 aromatic carbocycles. The highest BCUT2D eigenvalue weighted by Crippen LogP contribution is 2.15. The Balaban J connectivity index is 1.62. The monoisotopic (exact) mass is 412 g/mol. The van der Waals surface area contributed by atoms with Gasteiger partial charge in [-0.3, -0.25) is 0 Å². The van der Waals surface area contributed by atoms with E-state index in [1.807, 2.05) is 0 Å². The summed E-state index contributed by atoms with van der Waals surface area (Å²) in [5.41, 5.74) is 3.96. The molecule has 0 aliphatic heterocycles. The van der Waals surface area contributed by atoms with Gasteiger partial charge in [-0.15, -0.1) is 0 Å². The zero-order chi connectivity index (χ0) is 18.5. The fourth-order valence-electron chi connectivity index (χ4n) is 3.20. The Kier molecular flexibility index (Phi) is 10.4. The Morgan fingerprint density at radius 2 is 1.08 bits per heavy atom. The van der Waals surface area contributed by atoms with E-state index in [0.717, 1.165) is 4.47 Å². The molecule has 2 rings (SSSR count). The fraction of sp³-hybridized carbons (Fsp3) is 0.440. The van der Waals surface area contributed by atoms with Crippen molar-refractivity contribution in [1.29, 1.82) is 0 Å². The van der Waals surface area contributed by atoms with Crippen LogP contribution in [0.1, 0.15) is 81.4 Å². The van der Waals surface area contributed by atoms with E-state index in [1.54, 1.807) is 0 Å². The summed E-state index contributed by atoms with van der Waals surface area (Å²) in [7, 11) is 0. The molecule has 0 aliphatic carbocycles. The summed E-state index contributed by atoms with van der Waals surface area (Å²) in [6.45, 7) is 2.28. The zero-order valence-electron chi connectivity index (χ0n) is 16.2. The van der Waals surface area contributed by atoms with E-state index < -0.39 is 0 Å². The Morgan fingerprint density at radius 3 is 1.62 bits per heavy atom. The van der Waals surface area contributed by atoms with Crippen LogP contribution in [0.15, 0.2) is 53.0 Å². The maximum absolute atomic E-state index is 3.47. The Morgan fingerprint density at radius 1 is 0.615 bits per heavy atom. The number of benzene rings is 2. The second-order valence-corrected chi connectivity index (χ2v) is 8.12. The highest BCUT2D eigenvalue weighted by atomic mass is 79.9. The normalized spacial score (nSPS) is 11.3. The van der Waals surface area contributed by atoms with Crippen LogP contribution in [0.3, 0.4) is 0 Å². The fourth-order valence-corrected chi connectivity index (χ4v) is 3.47. The van der Waals surface area contributed by atoms with Crippen molar-refractivity contribution in [3.05, 3.63) is 69.7 Å². The van der Waals surface area contributed by atoms with Crippen molar-refractivity contribution < 1.29 is 0 Å². The van der Waals surface area contributed by atoms with Gasteiger partial charge >= 0.3 is 0 Å². The summed E-state index contributed by atoms with van der Waals surface area (Å²) in [6.07, 6.45) is 18.1. The van der Waals surface area contributed by atoms with Crippen LogP contribution < -0.4 is 0 Å². The molecule has 0 unspecified atom stereocenters. The molecule has 0 radical (unpaired) electrons. The maximum atomic E-state index is 3.47. The first-order chi connectivity index (χ1) is 12.8. The molecule has 0 atom stereocenters. The van der Waals surface area contributed by atoms with Crippen LogP contribution in [0.2, 0.25) is 0 Å². The van der Waals surface area contributed by atoms with Crippen molar-refractivity contribution in [1.82, 2.24) is 0 Å². The summed E-state index contributed by atoms with van der Waals surface area (Å²) >= 11 is 3.47. The largest absolute Gasteiger partial charge is 0.0654 e. The highest BCUT2D eigenvalue weighted by Gasteiger charge is 1.96. The smallest absolute Gasteiger partial charge is 0.0175 e. The van der Waals surface area contributed by atoms with Crippen molar-refractivity contribution in [2.75, 3.05) is 0 Å². The minimum Gasteiger partial charge on any atom is -0.0654 e. The summed E-state index contributed by atoms with van der Waals surface area (Å²) in [6, 6.07) is 17.4. The summed E-state index contributed by atoms with van der Waals surface area (Å²) in [5.74, 6) is 0. The second-order valence-electron chi connectivity index (χ2n) is 7.20. The average molecular weight is 413 g/mol. The molecule has 140 valence electrons. The Labute approximate surface area is 168 Å². The minimum atomic E-state index is 1.12. The lowest BCUT2D eigenvalue weighted by Crippen LogP contribution is -1.87. The quantitative estimate of drug-likeness (QED) is 0.241. The van der Waals surface area contributed by atoms with Crippen LogP contribution >= 0.6 is 15.9 Å². The predicted molar refractivity (Wildman–Crippen MR) is 120 cm³/mol. The molecule has 0 nitrogen and oxygen atoms in total. The highest BCUT2D eigenvalue weighted by molar-refractivity contribution is 9.10. The third kappa shape index (κ3) is 8.85. The van der Waals surface area contributed by atoms with Crippen molar-refractivity contribution in [3.63, 3.8) is 0 Å². The standard InChI is InChI=1S/C25H33Br/c1-2-3-4-5-6-7-8-9-10-11-22-12-14-23(15-13-22)16-17-24-18-20-25(26)21-19-24/h12-21H,2-11H2,1H3. The lowest BCUT2D eigenvalue weighted by atomic mass is 10.0. The van der Waals surface area contributed by atoms with E-state index in [0.29, 0.717) is 0 Å². The molecule has 0 spiro atoms. The van der Waals surface area contributed by atoms with E-state index in [1.165, 1.54) is 80.9 Å². The van der Waals surface area contributed by atoms with Crippen LogP contribution in [-0.4, -0.2) is 0 Å². The van der Waals surface area contributed by atoms with Crippen LogP contribution in [0.4, 0.5) is 0 Å². The molecule has 0 aromatic heterocycles. The molecule has 0 amide bonds. The topological polar surface area (TPSA) is 0 Å². The van der Waals surface area contributed by atoms with Crippen molar-refractivity contribution >= 4 is 28.1 Å². The van der Waals surface area contributed by atoms with Crippen molar-refractivity contribution in [3.8, 4) is 0 Å². The summed E-state index contributed by atoms with van der Waals surface area (Å²) in [5, 5.41) is 0. The first-order valence-electron chi connectivity index (χ1n) is 10.3. The number of hydrogen-bond donors (Lipinski definition) is 0. The van der Waals surface area contributed by atoms with Gasteiger partial charge in [0.1, 0.15) is 0 Å². The van der Waals surface area contributed by atoms with Gasteiger partial charge in [0.15, 0.2) is 0 Å². The van der Waals surface area contributed by atoms with E-state index in [4.69, 9.17) is 0 Å². The molecular formula is C25H33Br. The third-order valence-corrected chi connectivity index (χ3v) is 5.42. The molecule has 0 bridgehead atoms. The summed E-state index contributed by atoms with van der Waals surface area (Å²) < 4.78 is 1.12. The maximum Gasteiger partial charge on any atom is 0.0175 e. The molecule has 1 heteroatoms. The molecule has 0 heterocycles. The van der Waals surface area contributed by atoms with E-state index >= 15 is 0 Å². The number of unbranched alkanes of at least 4 members (excludes halogenated alkanes) is 8. The number of hydrogen-bond acceptors (Lipinski definition) is 0. The van der Waals surface area contributed by atoms with Crippen LogP contribution in [-0.2, 0) is 6.42 Å². The molecule has 0 saturated carbocycles. The number of halogens is 1. The number of aryl methyl sites for hydroxylation is 1. The SMILES string of the molecule is CCCCCCCCCCCc1ccc(C=Cc2ccc(Br)cc2)cc1. The lowest BCUT2D eigenvalue weighted by Gasteiger charge is -2.03. The average Bonchev–Trinajstić information content (AvgIpc) is 2.67. The second kappa shape index (κ2) is 12.9. The molecule has 2 aromatic rings. The van der Waals surface area contributed by atoms with Gasteiger partial charge in [-0.05, 0) is 41.7 Å². The molecule has 26 heavy (non-hydrogen) atoms. The summed E-state index contributed by atoms with van der Waals surface area (Å²) in [4.78, 5) is 0. The van der Waals surface area contributed by atoms with Gasteiger partial charge in [-0.25, -0.2) is 0 Å². The van der Waals surface area contributed by atoms with Gasteiger partial charge in [-0.1, -0.05) is 123 Å². The lowest BCUT2D eigenvalue weighted by molar-refractivity contribution is 0.565. The molecule has 0 N–H and O–H groups in total. The van der Waals surface area contributed by atoms with E-state index in [9.17, 15) is 0 Å². The molecular weight excluding hydrogens is 380 g/mol. The molecule has 0 aliphatic rings. The van der Waals surface area contributed by atoms with Crippen LogP contribution in [0.25, 0.3) is 12.2 Å². The predicted octanol–water partition coefficient (Wildman–Crippen LogP) is 8.69. The van der Waals surface area contributed by atoms with Crippen LogP contribution in [0.5, 0.6) is 0 Å². The van der Waals surface area contributed by atoms with Gasteiger partial charge < -0.3 is 0 Å². The van der Waals surface area contributed by atoms with Crippen molar-refractivity contribution in [2.24, 2.45) is 0 Å². The van der Waals surface area contributed by atoms with E-state index in [-0.39, 0.29) is 0 Å². The van der Waals surface area contributed by atoms with Gasteiger partial charge in [0, 0.05) is 4.47 Å². The number of rotatable bonds is 12. The van der Waals surface area contributed by atoms with Gasteiger partial charge in [0.25, 0.3) is 0 Å². The zero-order valence-corrected chi connectivity index (χ0v) is 17.8. The Bertz CT molecular complexity index is 622. The van der Waals surface area contributed by atoms with Crippen LogP contribution in [0, 0.1) is 0 Å². The molecule has 0 saturated heterocycles.